The Hall–Kier alpha value is -4.26. The number of anilines is 1. The highest BCUT2D eigenvalue weighted by atomic mass is 19.1. The molecule has 0 saturated heterocycles. The lowest BCUT2D eigenvalue weighted by Crippen LogP contribution is -2.27. The average molecular weight is 429 g/mol. The number of pyridine rings is 2. The summed E-state index contributed by atoms with van der Waals surface area (Å²) in [5.74, 6) is 0.409. The molecule has 6 nitrogen and oxygen atoms in total. The zero-order valence-corrected chi connectivity index (χ0v) is 17.5. The third kappa shape index (κ3) is 4.41. The molecule has 0 bridgehead atoms. The van der Waals surface area contributed by atoms with E-state index in [0.717, 1.165) is 11.1 Å². The second-order valence-electron chi connectivity index (χ2n) is 7.25. The van der Waals surface area contributed by atoms with E-state index in [2.05, 4.69) is 10.3 Å². The van der Waals surface area contributed by atoms with Gasteiger partial charge in [0.05, 0.1) is 0 Å². The Bertz CT molecular complexity index is 1310. The number of rotatable bonds is 5. The maximum Gasteiger partial charge on any atom is 0.267 e. The fourth-order valence-electron chi connectivity index (χ4n) is 3.38. The van der Waals surface area contributed by atoms with Crippen molar-refractivity contribution < 1.29 is 13.9 Å². The van der Waals surface area contributed by atoms with Crippen molar-refractivity contribution in [3.63, 3.8) is 0 Å². The van der Waals surface area contributed by atoms with Gasteiger partial charge < -0.3 is 10.1 Å². The Balaban J connectivity index is 1.59. The minimum atomic E-state index is -0.534. The molecule has 0 aliphatic rings. The zero-order valence-electron chi connectivity index (χ0n) is 17.5. The molecule has 160 valence electrons. The summed E-state index contributed by atoms with van der Waals surface area (Å²) in [4.78, 5) is 29.7. The van der Waals surface area contributed by atoms with Gasteiger partial charge in [-0.05, 0) is 85.6 Å². The number of carbonyl (C=O) groups is 1. The predicted octanol–water partition coefficient (Wildman–Crippen LogP) is 5.03. The molecule has 0 saturated carbocycles. The predicted molar refractivity (Wildman–Crippen MR) is 120 cm³/mol. The van der Waals surface area contributed by atoms with Gasteiger partial charge in [-0.15, -0.1) is 0 Å². The van der Waals surface area contributed by atoms with Crippen molar-refractivity contribution in [1.29, 1.82) is 0 Å². The maximum absolute atomic E-state index is 13.2. The van der Waals surface area contributed by atoms with Crippen molar-refractivity contribution in [3.8, 4) is 17.2 Å². The smallest absolute Gasteiger partial charge is 0.267 e. The van der Waals surface area contributed by atoms with E-state index in [1.54, 1.807) is 42.7 Å². The topological polar surface area (TPSA) is 73.2 Å². The molecular weight excluding hydrogens is 409 g/mol. The van der Waals surface area contributed by atoms with Gasteiger partial charge in [0, 0.05) is 30.0 Å². The SMILES string of the molecule is Cc1cc(NC(=O)c2cccn(-c3ccc(F)cc3)c2=O)cc(C)c1Oc1ccncc1. The first-order valence-corrected chi connectivity index (χ1v) is 9.90. The molecule has 32 heavy (non-hydrogen) atoms. The molecule has 0 radical (unpaired) electrons. The number of halogens is 1. The van der Waals surface area contributed by atoms with Crippen LogP contribution >= 0.6 is 0 Å². The molecule has 1 N–H and O–H groups in total. The van der Waals surface area contributed by atoms with E-state index < -0.39 is 17.3 Å². The van der Waals surface area contributed by atoms with E-state index in [-0.39, 0.29) is 5.56 Å². The van der Waals surface area contributed by atoms with Gasteiger partial charge in [-0.25, -0.2) is 4.39 Å². The third-order valence-corrected chi connectivity index (χ3v) is 4.88. The van der Waals surface area contributed by atoms with Crippen LogP contribution in [-0.4, -0.2) is 15.5 Å². The fraction of sp³-hybridized carbons (Fsp3) is 0.0800. The summed E-state index contributed by atoms with van der Waals surface area (Å²) >= 11 is 0. The van der Waals surface area contributed by atoms with Gasteiger partial charge in [-0.1, -0.05) is 0 Å². The number of hydrogen-bond donors (Lipinski definition) is 1. The molecule has 0 unspecified atom stereocenters. The van der Waals surface area contributed by atoms with E-state index in [1.165, 1.54) is 41.1 Å². The van der Waals surface area contributed by atoms with Crippen molar-refractivity contribution in [3.05, 3.63) is 112 Å². The van der Waals surface area contributed by atoms with Crippen LogP contribution in [0.2, 0.25) is 0 Å². The summed E-state index contributed by atoms with van der Waals surface area (Å²) < 4.78 is 20.5. The molecule has 0 atom stereocenters. The second kappa shape index (κ2) is 8.85. The molecule has 2 aromatic carbocycles. The monoisotopic (exact) mass is 429 g/mol. The second-order valence-corrected chi connectivity index (χ2v) is 7.25. The molecule has 2 aromatic heterocycles. The largest absolute Gasteiger partial charge is 0.457 e. The number of ether oxygens (including phenoxy) is 1. The van der Waals surface area contributed by atoms with Gasteiger partial charge in [0.1, 0.15) is 22.9 Å². The molecule has 1 amide bonds. The Labute approximate surface area is 183 Å². The summed E-state index contributed by atoms with van der Waals surface area (Å²) in [5, 5.41) is 2.78. The van der Waals surface area contributed by atoms with E-state index in [4.69, 9.17) is 4.74 Å². The van der Waals surface area contributed by atoms with Crippen LogP contribution in [0.25, 0.3) is 5.69 Å². The number of aromatic nitrogens is 2. The van der Waals surface area contributed by atoms with Gasteiger partial charge in [-0.2, -0.15) is 0 Å². The van der Waals surface area contributed by atoms with Gasteiger partial charge in [0.25, 0.3) is 11.5 Å². The summed E-state index contributed by atoms with van der Waals surface area (Å²) in [6.07, 6.45) is 4.83. The number of hydrogen-bond acceptors (Lipinski definition) is 4. The standard InChI is InChI=1S/C25H20FN3O3/c1-16-14-19(15-17(2)23(16)32-21-9-11-27-12-10-21)28-24(30)22-4-3-13-29(25(22)31)20-7-5-18(26)6-8-20/h3-15H,1-2H3,(H,28,30). The Morgan fingerprint density at radius 1 is 1.00 bits per heavy atom. The lowest BCUT2D eigenvalue weighted by atomic mass is 10.1. The van der Waals surface area contributed by atoms with E-state index in [0.29, 0.717) is 22.9 Å². The molecular formula is C25H20FN3O3. The number of amides is 1. The molecule has 7 heteroatoms. The van der Waals surface area contributed by atoms with Gasteiger partial charge in [-0.3, -0.25) is 19.1 Å². The minimum Gasteiger partial charge on any atom is -0.457 e. The highest BCUT2D eigenvalue weighted by Crippen LogP contribution is 2.31. The number of nitrogens with one attached hydrogen (secondary N) is 1. The number of benzene rings is 2. The van der Waals surface area contributed by atoms with Crippen LogP contribution in [0.1, 0.15) is 21.5 Å². The van der Waals surface area contributed by atoms with Crippen LogP contribution in [0.15, 0.2) is 84.0 Å². The fourth-order valence-corrected chi connectivity index (χ4v) is 3.38. The van der Waals surface area contributed by atoms with Crippen LogP contribution < -0.4 is 15.6 Å². The van der Waals surface area contributed by atoms with Crippen molar-refractivity contribution in [2.75, 3.05) is 5.32 Å². The van der Waals surface area contributed by atoms with Crippen LogP contribution in [0.3, 0.4) is 0 Å². The lowest BCUT2D eigenvalue weighted by Gasteiger charge is -2.14. The van der Waals surface area contributed by atoms with Gasteiger partial charge in [0.2, 0.25) is 0 Å². The number of nitrogens with zero attached hydrogens (tertiary/aromatic N) is 2. The number of carbonyl (C=O) groups excluding carboxylic acids is 1. The lowest BCUT2D eigenvalue weighted by molar-refractivity contribution is 0.102. The summed E-state index contributed by atoms with van der Waals surface area (Å²) in [6, 6.07) is 15.6. The van der Waals surface area contributed by atoms with Crippen molar-refractivity contribution >= 4 is 11.6 Å². The molecule has 0 spiro atoms. The first-order valence-electron chi connectivity index (χ1n) is 9.90. The van der Waals surface area contributed by atoms with E-state index in [1.807, 2.05) is 13.8 Å². The van der Waals surface area contributed by atoms with E-state index >= 15 is 0 Å². The third-order valence-electron chi connectivity index (χ3n) is 4.88. The van der Waals surface area contributed by atoms with Crippen molar-refractivity contribution in [2.24, 2.45) is 0 Å². The van der Waals surface area contributed by atoms with Crippen LogP contribution in [0.4, 0.5) is 10.1 Å². The molecule has 4 aromatic rings. The first-order chi connectivity index (χ1) is 15.4. The minimum absolute atomic E-state index is 0.0238. The highest BCUT2D eigenvalue weighted by Gasteiger charge is 2.15. The first kappa shape index (κ1) is 21.0. The average Bonchev–Trinajstić information content (AvgIpc) is 2.78. The highest BCUT2D eigenvalue weighted by molar-refractivity contribution is 6.04. The van der Waals surface area contributed by atoms with Crippen LogP contribution in [-0.2, 0) is 0 Å². The van der Waals surface area contributed by atoms with Crippen LogP contribution in [0, 0.1) is 19.7 Å². The number of aryl methyl sites for hydroxylation is 2. The molecule has 4 rings (SSSR count). The molecule has 0 fully saturated rings. The quantitative estimate of drug-likeness (QED) is 0.483. The van der Waals surface area contributed by atoms with Gasteiger partial charge in [0.15, 0.2) is 0 Å². The Morgan fingerprint density at radius 3 is 2.31 bits per heavy atom. The zero-order chi connectivity index (χ0) is 22.7. The molecule has 0 aliphatic heterocycles. The Morgan fingerprint density at radius 2 is 1.66 bits per heavy atom. The van der Waals surface area contributed by atoms with Gasteiger partial charge >= 0.3 is 0 Å². The summed E-state index contributed by atoms with van der Waals surface area (Å²) in [6.45, 7) is 3.76. The summed E-state index contributed by atoms with van der Waals surface area (Å²) in [7, 11) is 0. The van der Waals surface area contributed by atoms with Crippen LogP contribution in [0.5, 0.6) is 11.5 Å². The maximum atomic E-state index is 13.2. The van der Waals surface area contributed by atoms with E-state index in [9.17, 15) is 14.0 Å². The molecule has 2 heterocycles. The Kier molecular flexibility index (Phi) is 5.81. The summed E-state index contributed by atoms with van der Waals surface area (Å²) in [5.41, 5.74) is 2.15. The van der Waals surface area contributed by atoms with Crippen molar-refractivity contribution in [2.45, 2.75) is 13.8 Å². The molecule has 0 aliphatic carbocycles. The van der Waals surface area contributed by atoms with Crippen molar-refractivity contribution in [1.82, 2.24) is 9.55 Å². The normalized spacial score (nSPS) is 10.6.